The second-order valence-electron chi connectivity index (χ2n) is 2.69. The van der Waals surface area contributed by atoms with Crippen LogP contribution in [0.25, 0.3) is 0 Å². The molecule has 0 bridgehead atoms. The molecule has 0 heterocycles. The number of carbonyl (C=O) groups is 1. The molecule has 0 fully saturated rings. The Morgan fingerprint density at radius 2 is 2.27 bits per heavy atom. The van der Waals surface area contributed by atoms with E-state index in [1.54, 1.807) is 0 Å². The molecule has 0 aliphatic carbocycles. The molecule has 0 spiro atoms. The molecule has 4 nitrogen and oxygen atoms in total. The number of primary amides is 1. The zero-order valence-corrected chi connectivity index (χ0v) is 7.88. The Hall–Kier alpha value is -2.06. The third-order valence-corrected chi connectivity index (χ3v) is 1.56. The lowest BCUT2D eigenvalue weighted by molar-refractivity contribution is 0.259. The van der Waals surface area contributed by atoms with Crippen molar-refractivity contribution in [2.45, 2.75) is 0 Å². The Kier molecular flexibility index (Phi) is 3.66. The lowest BCUT2D eigenvalue weighted by Gasteiger charge is -2.04. The number of halogens is 1. The average molecular weight is 207 g/mol. The van der Waals surface area contributed by atoms with Gasteiger partial charge in [0.15, 0.2) is 0 Å². The van der Waals surface area contributed by atoms with Gasteiger partial charge in [-0.1, -0.05) is 11.8 Å². The van der Waals surface area contributed by atoms with Gasteiger partial charge in [0, 0.05) is 0 Å². The molecule has 0 atom stereocenters. The van der Waals surface area contributed by atoms with Gasteiger partial charge in [0.25, 0.3) is 0 Å². The van der Waals surface area contributed by atoms with Crippen LogP contribution < -0.4 is 16.8 Å². The van der Waals surface area contributed by atoms with E-state index in [4.69, 9.17) is 11.5 Å². The minimum absolute atomic E-state index is 0.159. The van der Waals surface area contributed by atoms with Crippen LogP contribution >= 0.6 is 0 Å². The molecular formula is C10H10FN3O. The SMILES string of the molecule is NCC#Cc1cc(F)ccc1NC(N)=O. The highest BCUT2D eigenvalue weighted by Gasteiger charge is 2.03. The molecule has 5 N–H and O–H groups in total. The summed E-state index contributed by atoms with van der Waals surface area (Å²) in [4.78, 5) is 10.6. The van der Waals surface area contributed by atoms with Crippen molar-refractivity contribution < 1.29 is 9.18 Å². The molecule has 78 valence electrons. The summed E-state index contributed by atoms with van der Waals surface area (Å²) in [5, 5.41) is 2.34. The minimum atomic E-state index is -0.725. The summed E-state index contributed by atoms with van der Waals surface area (Å²) in [5.41, 5.74) is 10.8. The minimum Gasteiger partial charge on any atom is -0.351 e. The maximum atomic E-state index is 12.9. The Balaban J connectivity index is 3.08. The van der Waals surface area contributed by atoms with Crippen LogP contribution in [0.4, 0.5) is 14.9 Å². The average Bonchev–Trinajstić information content (AvgIpc) is 2.18. The van der Waals surface area contributed by atoms with Gasteiger partial charge in [-0.05, 0) is 18.2 Å². The molecule has 0 aliphatic rings. The molecule has 0 radical (unpaired) electrons. The first-order chi connectivity index (χ1) is 7.13. The van der Waals surface area contributed by atoms with Gasteiger partial charge in [0.05, 0.1) is 17.8 Å². The number of nitrogens with one attached hydrogen (secondary N) is 1. The molecule has 1 aromatic carbocycles. The highest BCUT2D eigenvalue weighted by atomic mass is 19.1. The van der Waals surface area contributed by atoms with Crippen LogP contribution in [-0.2, 0) is 0 Å². The quantitative estimate of drug-likeness (QED) is 0.590. The smallest absolute Gasteiger partial charge is 0.316 e. The fourth-order valence-corrected chi connectivity index (χ4v) is 1.01. The molecule has 0 aliphatic heterocycles. The summed E-state index contributed by atoms with van der Waals surface area (Å²) >= 11 is 0. The van der Waals surface area contributed by atoms with Gasteiger partial charge >= 0.3 is 6.03 Å². The first-order valence-corrected chi connectivity index (χ1v) is 4.18. The topological polar surface area (TPSA) is 81.1 Å². The first-order valence-electron chi connectivity index (χ1n) is 4.18. The van der Waals surface area contributed by atoms with Gasteiger partial charge < -0.3 is 16.8 Å². The number of anilines is 1. The predicted molar refractivity (Wildman–Crippen MR) is 55.5 cm³/mol. The van der Waals surface area contributed by atoms with E-state index >= 15 is 0 Å². The molecule has 1 aromatic rings. The standard InChI is InChI=1S/C10H10FN3O/c11-8-3-4-9(14-10(13)15)7(6-8)2-1-5-12/h3-4,6H,5,12H2,(H3,13,14,15). The highest BCUT2D eigenvalue weighted by Crippen LogP contribution is 2.15. The van der Waals surface area contributed by atoms with Crippen LogP contribution in [0.15, 0.2) is 18.2 Å². The van der Waals surface area contributed by atoms with Crippen molar-refractivity contribution in [1.29, 1.82) is 0 Å². The van der Waals surface area contributed by atoms with E-state index in [0.717, 1.165) is 0 Å². The molecule has 15 heavy (non-hydrogen) atoms. The lowest BCUT2D eigenvalue weighted by atomic mass is 10.1. The Morgan fingerprint density at radius 1 is 1.53 bits per heavy atom. The number of hydrogen-bond acceptors (Lipinski definition) is 2. The maximum Gasteiger partial charge on any atom is 0.316 e. The predicted octanol–water partition coefficient (Wildman–Crippen LogP) is 0.627. The molecule has 2 amide bonds. The van der Waals surface area contributed by atoms with E-state index in [2.05, 4.69) is 17.2 Å². The van der Waals surface area contributed by atoms with Crippen molar-refractivity contribution in [2.75, 3.05) is 11.9 Å². The number of carbonyl (C=O) groups excluding carboxylic acids is 1. The fourth-order valence-electron chi connectivity index (χ4n) is 1.01. The van der Waals surface area contributed by atoms with Crippen LogP contribution in [-0.4, -0.2) is 12.6 Å². The number of benzene rings is 1. The molecule has 0 saturated heterocycles. The van der Waals surface area contributed by atoms with Gasteiger partial charge in [-0.2, -0.15) is 0 Å². The van der Waals surface area contributed by atoms with E-state index in [1.165, 1.54) is 18.2 Å². The molecule has 0 aromatic heterocycles. The van der Waals surface area contributed by atoms with Gasteiger partial charge in [-0.3, -0.25) is 0 Å². The molecular weight excluding hydrogens is 197 g/mol. The summed E-state index contributed by atoms with van der Waals surface area (Å²) in [6.07, 6.45) is 0. The van der Waals surface area contributed by atoms with E-state index in [1.807, 2.05) is 0 Å². The molecule has 5 heteroatoms. The third-order valence-electron chi connectivity index (χ3n) is 1.56. The third kappa shape index (κ3) is 3.29. The van der Waals surface area contributed by atoms with E-state index < -0.39 is 11.8 Å². The van der Waals surface area contributed by atoms with Gasteiger partial charge in [0.1, 0.15) is 5.82 Å². The van der Waals surface area contributed by atoms with Crippen LogP contribution in [0.5, 0.6) is 0 Å². The lowest BCUT2D eigenvalue weighted by Crippen LogP contribution is -2.19. The van der Waals surface area contributed by atoms with Crippen molar-refractivity contribution in [2.24, 2.45) is 11.5 Å². The first kappa shape index (κ1) is 11.0. The summed E-state index contributed by atoms with van der Waals surface area (Å²) in [6.45, 7) is 0.159. The van der Waals surface area contributed by atoms with Gasteiger partial charge in [-0.15, -0.1) is 0 Å². The number of nitrogens with two attached hydrogens (primary N) is 2. The maximum absolute atomic E-state index is 12.9. The van der Waals surface area contributed by atoms with E-state index in [9.17, 15) is 9.18 Å². The van der Waals surface area contributed by atoms with Crippen molar-refractivity contribution in [3.8, 4) is 11.8 Å². The van der Waals surface area contributed by atoms with E-state index in [0.29, 0.717) is 11.3 Å². The van der Waals surface area contributed by atoms with Crippen LogP contribution in [0.2, 0.25) is 0 Å². The number of rotatable bonds is 1. The zero-order chi connectivity index (χ0) is 11.3. The van der Waals surface area contributed by atoms with Crippen molar-refractivity contribution in [3.63, 3.8) is 0 Å². The Labute approximate surface area is 86.4 Å². The van der Waals surface area contributed by atoms with E-state index in [-0.39, 0.29) is 6.54 Å². The molecule has 0 unspecified atom stereocenters. The number of amides is 2. The number of urea groups is 1. The zero-order valence-electron chi connectivity index (χ0n) is 7.88. The molecule has 0 saturated carbocycles. The Morgan fingerprint density at radius 3 is 2.87 bits per heavy atom. The highest BCUT2D eigenvalue weighted by molar-refractivity contribution is 5.89. The van der Waals surface area contributed by atoms with Crippen molar-refractivity contribution in [3.05, 3.63) is 29.6 Å². The largest absolute Gasteiger partial charge is 0.351 e. The second-order valence-corrected chi connectivity index (χ2v) is 2.69. The summed E-state index contributed by atoms with van der Waals surface area (Å²) < 4.78 is 12.9. The normalized spacial score (nSPS) is 8.93. The number of hydrogen-bond donors (Lipinski definition) is 3. The van der Waals surface area contributed by atoms with Gasteiger partial charge in [-0.25, -0.2) is 9.18 Å². The van der Waals surface area contributed by atoms with Crippen molar-refractivity contribution >= 4 is 11.7 Å². The molecule has 1 rings (SSSR count). The Bertz CT molecular complexity index is 434. The summed E-state index contributed by atoms with van der Waals surface area (Å²) in [7, 11) is 0. The fraction of sp³-hybridized carbons (Fsp3) is 0.100. The summed E-state index contributed by atoms with van der Waals surface area (Å²) in [5.74, 6) is 4.76. The van der Waals surface area contributed by atoms with Crippen LogP contribution in [0.3, 0.4) is 0 Å². The second kappa shape index (κ2) is 4.98. The van der Waals surface area contributed by atoms with Crippen LogP contribution in [0.1, 0.15) is 5.56 Å². The monoisotopic (exact) mass is 207 g/mol. The van der Waals surface area contributed by atoms with Gasteiger partial charge in [0.2, 0.25) is 0 Å². The van der Waals surface area contributed by atoms with Crippen molar-refractivity contribution in [1.82, 2.24) is 0 Å². The van der Waals surface area contributed by atoms with Crippen LogP contribution in [0, 0.1) is 17.7 Å². The summed E-state index contributed by atoms with van der Waals surface area (Å²) in [6, 6.07) is 3.07.